The number of thiophene rings is 1. The van der Waals surface area contributed by atoms with E-state index in [9.17, 15) is 37.8 Å². The van der Waals surface area contributed by atoms with Crippen LogP contribution in [0.5, 0.6) is 0 Å². The van der Waals surface area contributed by atoms with Gasteiger partial charge in [-0.15, -0.1) is 11.3 Å². The normalized spacial score (nSPS) is 17.4. The minimum absolute atomic E-state index is 0.0188. The molecular weight excluding hydrogens is 479 g/mol. The van der Waals surface area contributed by atoms with Crippen molar-refractivity contribution in [3.05, 3.63) is 31.3 Å². The van der Waals surface area contributed by atoms with Gasteiger partial charge in [-0.3, -0.25) is 18.7 Å². The Bertz CT molecular complexity index is 1180. The molecule has 3 rings (SSSR count). The number of halogens is 3. The third-order valence-corrected chi connectivity index (χ3v) is 7.53. The lowest BCUT2D eigenvalue weighted by atomic mass is 9.92. The minimum atomic E-state index is -4.52. The van der Waals surface area contributed by atoms with Gasteiger partial charge in [-0.05, 0) is 32.3 Å². The van der Waals surface area contributed by atoms with Crippen LogP contribution in [0, 0.1) is 6.92 Å². The quantitative estimate of drug-likeness (QED) is 0.587. The number of likely N-dealkylation sites (tertiary alicyclic amines) is 1. The van der Waals surface area contributed by atoms with E-state index in [0.29, 0.717) is 0 Å². The number of carbonyl (C=O) groups is 1. The van der Waals surface area contributed by atoms with E-state index in [1.807, 2.05) is 0 Å². The number of amides is 1. The molecular formula is C21H28F3N3O6S. The van der Waals surface area contributed by atoms with Gasteiger partial charge in [0.05, 0.1) is 41.5 Å². The van der Waals surface area contributed by atoms with E-state index in [2.05, 4.69) is 0 Å². The number of piperidine rings is 1. The molecule has 2 aromatic rings. The maximum atomic E-state index is 13.2. The molecule has 1 aliphatic rings. The van der Waals surface area contributed by atoms with E-state index < -0.39 is 54.6 Å². The molecule has 1 aliphatic heterocycles. The molecule has 0 spiro atoms. The standard InChI is InChI=1S/C21H28F3N3O6S/c1-12(33-3)10-27-16(29)14-13(2)15(17(30)25-7-4-20(32,11-28)5-8-25)34-18(14)26(19(27)31)9-6-21(22,23)24/h12,28,32H,4-11H2,1-3H3. The first-order chi connectivity index (χ1) is 15.8. The summed E-state index contributed by atoms with van der Waals surface area (Å²) in [6, 6.07) is 0. The number of aliphatic hydroxyl groups excluding tert-OH is 1. The maximum absolute atomic E-state index is 13.2. The van der Waals surface area contributed by atoms with Gasteiger partial charge in [-0.2, -0.15) is 13.2 Å². The van der Waals surface area contributed by atoms with E-state index in [1.54, 1.807) is 6.92 Å². The summed E-state index contributed by atoms with van der Waals surface area (Å²) in [6.07, 6.45) is -6.01. The number of aryl methyl sites for hydroxylation is 2. The van der Waals surface area contributed by atoms with E-state index >= 15 is 0 Å². The lowest BCUT2D eigenvalue weighted by Gasteiger charge is -2.36. The summed E-state index contributed by atoms with van der Waals surface area (Å²) in [5, 5.41) is 19.6. The molecule has 0 bridgehead atoms. The zero-order valence-electron chi connectivity index (χ0n) is 19.1. The Labute approximate surface area is 197 Å². The molecule has 0 aromatic carbocycles. The van der Waals surface area contributed by atoms with Crippen molar-refractivity contribution in [3.63, 3.8) is 0 Å². The number of hydrogen-bond donors (Lipinski definition) is 2. The van der Waals surface area contributed by atoms with Crippen molar-refractivity contribution in [1.29, 1.82) is 0 Å². The molecule has 0 saturated carbocycles. The van der Waals surface area contributed by atoms with Gasteiger partial charge in [0.15, 0.2) is 0 Å². The first kappa shape index (κ1) is 26.4. The average molecular weight is 508 g/mol. The highest BCUT2D eigenvalue weighted by molar-refractivity contribution is 7.20. The smallest absolute Gasteiger partial charge is 0.390 e. The van der Waals surface area contributed by atoms with Crippen molar-refractivity contribution in [3.8, 4) is 0 Å². The second-order valence-corrected chi connectivity index (χ2v) is 9.67. The summed E-state index contributed by atoms with van der Waals surface area (Å²) in [6.45, 7) is 2.21. The number of fused-ring (bicyclic) bond motifs is 1. The highest BCUT2D eigenvalue weighted by atomic mass is 32.1. The van der Waals surface area contributed by atoms with Gasteiger partial charge >= 0.3 is 11.9 Å². The number of nitrogens with zero attached hydrogens (tertiary/aromatic N) is 3. The Morgan fingerprint density at radius 1 is 1.24 bits per heavy atom. The van der Waals surface area contributed by atoms with Crippen LogP contribution in [0.25, 0.3) is 10.2 Å². The molecule has 1 unspecified atom stereocenters. The number of aliphatic hydroxyl groups is 2. The number of aromatic nitrogens is 2. The summed E-state index contributed by atoms with van der Waals surface area (Å²) < 4.78 is 45.8. The predicted molar refractivity (Wildman–Crippen MR) is 119 cm³/mol. The third kappa shape index (κ3) is 5.21. The summed E-state index contributed by atoms with van der Waals surface area (Å²) in [5.41, 5.74) is -2.56. The second-order valence-electron chi connectivity index (χ2n) is 8.67. The van der Waals surface area contributed by atoms with Gasteiger partial charge in [-0.25, -0.2) is 4.79 Å². The molecule has 1 amide bonds. The predicted octanol–water partition coefficient (Wildman–Crippen LogP) is 1.48. The highest BCUT2D eigenvalue weighted by Crippen LogP contribution is 2.32. The summed E-state index contributed by atoms with van der Waals surface area (Å²) in [5.74, 6) is -0.440. The first-order valence-corrected chi connectivity index (χ1v) is 11.6. The Hall–Kier alpha value is -2.22. The molecule has 0 aliphatic carbocycles. The summed E-state index contributed by atoms with van der Waals surface area (Å²) >= 11 is 0.818. The van der Waals surface area contributed by atoms with Gasteiger partial charge in [0.25, 0.3) is 11.5 Å². The Balaban J connectivity index is 2.11. The molecule has 34 heavy (non-hydrogen) atoms. The zero-order valence-corrected chi connectivity index (χ0v) is 20.0. The molecule has 1 fully saturated rings. The molecule has 9 nitrogen and oxygen atoms in total. The van der Waals surface area contributed by atoms with Crippen LogP contribution in [-0.4, -0.2) is 74.8 Å². The van der Waals surface area contributed by atoms with Crippen LogP contribution in [-0.2, 0) is 17.8 Å². The number of hydrogen-bond acceptors (Lipinski definition) is 7. The van der Waals surface area contributed by atoms with Crippen molar-refractivity contribution >= 4 is 27.5 Å². The summed E-state index contributed by atoms with van der Waals surface area (Å²) in [7, 11) is 1.39. The molecule has 1 saturated heterocycles. The topological polar surface area (TPSA) is 114 Å². The largest absolute Gasteiger partial charge is 0.393 e. The van der Waals surface area contributed by atoms with E-state index in [4.69, 9.17) is 4.74 Å². The van der Waals surface area contributed by atoms with E-state index in [-0.39, 0.29) is 53.1 Å². The highest BCUT2D eigenvalue weighted by Gasteiger charge is 2.35. The molecule has 2 N–H and O–H groups in total. The van der Waals surface area contributed by atoms with Gasteiger partial charge in [-0.1, -0.05) is 0 Å². The molecule has 1 atom stereocenters. The molecule has 0 radical (unpaired) electrons. The van der Waals surface area contributed by atoms with Crippen molar-refractivity contribution in [1.82, 2.24) is 14.0 Å². The van der Waals surface area contributed by atoms with Crippen LogP contribution in [0.3, 0.4) is 0 Å². The van der Waals surface area contributed by atoms with Crippen molar-refractivity contribution in [2.45, 2.75) is 64.1 Å². The fourth-order valence-corrected chi connectivity index (χ4v) is 5.24. The van der Waals surface area contributed by atoms with Gasteiger partial charge in [0.2, 0.25) is 0 Å². The SMILES string of the molecule is COC(C)Cn1c(=O)c2c(C)c(C(=O)N3CCC(O)(CO)CC3)sc2n(CCC(F)(F)F)c1=O. The minimum Gasteiger partial charge on any atom is -0.393 e. The Morgan fingerprint density at radius 3 is 2.38 bits per heavy atom. The molecule has 2 aromatic heterocycles. The van der Waals surface area contributed by atoms with E-state index in [1.165, 1.54) is 18.9 Å². The number of ether oxygens (including phenoxy) is 1. The third-order valence-electron chi connectivity index (χ3n) is 6.23. The number of carbonyl (C=O) groups excluding carboxylic acids is 1. The molecule has 13 heteroatoms. The lowest BCUT2D eigenvalue weighted by molar-refractivity contribution is -0.136. The number of alkyl halides is 3. The number of methoxy groups -OCH3 is 1. The van der Waals surface area contributed by atoms with Crippen LogP contribution >= 0.6 is 11.3 Å². The molecule has 190 valence electrons. The fraction of sp³-hybridized carbons (Fsp3) is 0.667. The van der Waals surface area contributed by atoms with Crippen LogP contribution in [0.1, 0.15) is 41.4 Å². The van der Waals surface area contributed by atoms with Crippen molar-refractivity contribution in [2.24, 2.45) is 0 Å². The monoisotopic (exact) mass is 507 g/mol. The lowest BCUT2D eigenvalue weighted by Crippen LogP contribution is -2.48. The van der Waals surface area contributed by atoms with Crippen LogP contribution in [0.4, 0.5) is 13.2 Å². The molecule has 3 heterocycles. The number of rotatable bonds is 7. The Kier molecular flexibility index (Phi) is 7.60. The Morgan fingerprint density at radius 2 is 1.85 bits per heavy atom. The van der Waals surface area contributed by atoms with Gasteiger partial charge in [0, 0.05) is 26.7 Å². The van der Waals surface area contributed by atoms with Gasteiger partial charge in [0.1, 0.15) is 4.83 Å². The second kappa shape index (κ2) is 9.80. The first-order valence-electron chi connectivity index (χ1n) is 10.8. The van der Waals surface area contributed by atoms with Crippen LogP contribution in [0.15, 0.2) is 9.59 Å². The van der Waals surface area contributed by atoms with Crippen molar-refractivity contribution in [2.75, 3.05) is 26.8 Å². The average Bonchev–Trinajstić information content (AvgIpc) is 3.12. The van der Waals surface area contributed by atoms with Crippen LogP contribution in [0.2, 0.25) is 0 Å². The van der Waals surface area contributed by atoms with Gasteiger partial charge < -0.3 is 19.8 Å². The van der Waals surface area contributed by atoms with E-state index in [0.717, 1.165) is 20.5 Å². The van der Waals surface area contributed by atoms with Crippen LogP contribution < -0.4 is 11.2 Å². The zero-order chi connectivity index (χ0) is 25.4. The van der Waals surface area contributed by atoms with Crippen molar-refractivity contribution < 1.29 is 32.9 Å². The maximum Gasteiger partial charge on any atom is 0.390 e. The summed E-state index contributed by atoms with van der Waals surface area (Å²) in [4.78, 5) is 41.1. The fourth-order valence-electron chi connectivity index (χ4n) is 3.95.